The summed E-state index contributed by atoms with van der Waals surface area (Å²) in [5, 5.41) is 11.8. The summed E-state index contributed by atoms with van der Waals surface area (Å²) in [7, 11) is 0. The minimum atomic E-state index is -0.596. The van der Waals surface area contributed by atoms with Crippen molar-refractivity contribution in [2.75, 3.05) is 39.3 Å². The number of aliphatic hydroxyl groups excluding tert-OH is 1. The number of β-amino-alcohol motifs (C(OH)–C–C–N with tert-alkyl or cyclic N) is 1. The third kappa shape index (κ3) is 4.76. The normalized spacial score (nSPS) is 23.3. The van der Waals surface area contributed by atoms with E-state index < -0.39 is 6.10 Å². The van der Waals surface area contributed by atoms with Crippen LogP contribution in [-0.2, 0) is 6.54 Å². The number of carbonyl (C=O) groups is 1. The number of thiophene rings is 1. The monoisotopic (exact) mass is 507 g/mol. The van der Waals surface area contributed by atoms with Gasteiger partial charge in [0.2, 0.25) is 0 Å². The van der Waals surface area contributed by atoms with Gasteiger partial charge in [0.25, 0.3) is 5.91 Å². The van der Waals surface area contributed by atoms with Crippen LogP contribution >= 0.6 is 57.7 Å². The Morgan fingerprint density at radius 1 is 1.00 bits per heavy atom. The highest BCUT2D eigenvalue weighted by atomic mass is 35.5. The minimum absolute atomic E-state index is 0.0867. The number of nitrogens with zero attached hydrogens (tertiary/aromatic N) is 3. The number of amides is 1. The van der Waals surface area contributed by atoms with E-state index in [1.54, 1.807) is 4.90 Å². The van der Waals surface area contributed by atoms with Crippen molar-refractivity contribution in [1.29, 1.82) is 0 Å². The van der Waals surface area contributed by atoms with Gasteiger partial charge in [-0.15, -0.1) is 11.3 Å². The second-order valence-corrected chi connectivity index (χ2v) is 10.4. The van der Waals surface area contributed by atoms with Gasteiger partial charge in [0.05, 0.1) is 22.2 Å². The van der Waals surface area contributed by atoms with E-state index in [4.69, 9.17) is 46.4 Å². The Balaban J connectivity index is 1.33. The molecule has 1 aromatic carbocycles. The number of hydrogen-bond acceptors (Lipinski definition) is 5. The van der Waals surface area contributed by atoms with Crippen molar-refractivity contribution in [2.45, 2.75) is 18.7 Å². The molecule has 1 amide bonds. The first-order valence-corrected chi connectivity index (χ1v) is 12.0. The zero-order chi connectivity index (χ0) is 21.4. The average Bonchev–Trinajstić information content (AvgIpc) is 3.25. The predicted molar refractivity (Wildman–Crippen MR) is 123 cm³/mol. The molecular formula is C20H21Cl4N3O2S. The van der Waals surface area contributed by atoms with Gasteiger partial charge in [0.1, 0.15) is 9.21 Å². The maximum Gasteiger partial charge on any atom is 0.265 e. The van der Waals surface area contributed by atoms with Gasteiger partial charge in [-0.3, -0.25) is 14.6 Å². The fraction of sp³-hybridized carbons (Fsp3) is 0.450. The Morgan fingerprint density at radius 2 is 1.67 bits per heavy atom. The smallest absolute Gasteiger partial charge is 0.265 e. The van der Waals surface area contributed by atoms with Crippen LogP contribution in [0.25, 0.3) is 0 Å². The molecule has 2 aliphatic heterocycles. The van der Waals surface area contributed by atoms with Gasteiger partial charge in [0, 0.05) is 50.8 Å². The number of halogens is 4. The van der Waals surface area contributed by atoms with Gasteiger partial charge in [-0.05, 0) is 17.7 Å². The molecule has 0 radical (unpaired) electrons. The topological polar surface area (TPSA) is 47.0 Å². The molecule has 1 N–H and O–H groups in total. The summed E-state index contributed by atoms with van der Waals surface area (Å²) in [5.41, 5.74) is 1.23. The zero-order valence-electron chi connectivity index (χ0n) is 16.0. The highest BCUT2D eigenvalue weighted by molar-refractivity contribution is 7.19. The molecule has 3 heterocycles. The molecule has 10 heteroatoms. The third-order valence-electron chi connectivity index (χ3n) is 5.69. The summed E-state index contributed by atoms with van der Waals surface area (Å²) < 4.78 is 0.304. The van der Waals surface area contributed by atoms with E-state index >= 15 is 0 Å². The van der Waals surface area contributed by atoms with E-state index in [1.807, 2.05) is 24.3 Å². The molecule has 5 nitrogen and oxygen atoms in total. The van der Waals surface area contributed by atoms with Crippen LogP contribution in [0.2, 0.25) is 19.4 Å². The average molecular weight is 509 g/mol. The highest BCUT2D eigenvalue weighted by Gasteiger charge is 2.40. The summed E-state index contributed by atoms with van der Waals surface area (Å²) in [5.74, 6) is -0.235. The van der Waals surface area contributed by atoms with E-state index in [-0.39, 0.29) is 28.5 Å². The quantitative estimate of drug-likeness (QED) is 0.666. The van der Waals surface area contributed by atoms with Gasteiger partial charge in [0.15, 0.2) is 0 Å². The number of rotatable bonds is 4. The largest absolute Gasteiger partial charge is 0.390 e. The van der Waals surface area contributed by atoms with E-state index in [0.29, 0.717) is 15.8 Å². The van der Waals surface area contributed by atoms with Crippen molar-refractivity contribution in [2.24, 2.45) is 0 Å². The highest BCUT2D eigenvalue weighted by Crippen LogP contribution is 2.41. The number of aliphatic hydroxyl groups is 1. The second kappa shape index (κ2) is 9.51. The zero-order valence-corrected chi connectivity index (χ0v) is 19.9. The van der Waals surface area contributed by atoms with Crippen LogP contribution in [0.1, 0.15) is 15.2 Å². The predicted octanol–water partition coefficient (Wildman–Crippen LogP) is 4.36. The molecule has 0 saturated carbocycles. The molecule has 2 aromatic rings. The lowest BCUT2D eigenvalue weighted by Crippen LogP contribution is -2.53. The lowest BCUT2D eigenvalue weighted by Gasteiger charge is -2.38. The first-order chi connectivity index (χ1) is 14.3. The molecule has 1 aromatic heterocycles. The molecule has 2 unspecified atom stereocenters. The van der Waals surface area contributed by atoms with Crippen LogP contribution in [0.5, 0.6) is 0 Å². The molecular weight excluding hydrogens is 488 g/mol. The van der Waals surface area contributed by atoms with E-state index in [0.717, 1.165) is 49.1 Å². The number of benzene rings is 1. The fourth-order valence-electron chi connectivity index (χ4n) is 4.04. The van der Waals surface area contributed by atoms with Crippen LogP contribution < -0.4 is 0 Å². The van der Waals surface area contributed by atoms with Crippen LogP contribution in [0.15, 0.2) is 24.3 Å². The maximum absolute atomic E-state index is 12.9. The number of likely N-dealkylation sites (tertiary alicyclic amines) is 1. The van der Waals surface area contributed by atoms with E-state index in [1.165, 1.54) is 5.56 Å². The Labute approximate surface area is 199 Å². The summed E-state index contributed by atoms with van der Waals surface area (Å²) in [6.45, 7) is 5.10. The van der Waals surface area contributed by atoms with Crippen molar-refractivity contribution in [3.8, 4) is 0 Å². The van der Waals surface area contributed by atoms with Crippen molar-refractivity contribution in [3.63, 3.8) is 0 Å². The van der Waals surface area contributed by atoms with Crippen molar-refractivity contribution >= 4 is 63.6 Å². The lowest BCUT2D eigenvalue weighted by molar-refractivity contribution is 0.0423. The molecule has 30 heavy (non-hydrogen) atoms. The standard InChI is InChI=1S/C20H21Cl4N3O2S/c21-13-3-1-12(2-4-13)9-25-5-7-26(8-6-25)14-10-27(11-15(14)28)20(29)18-16(22)17(23)19(24)30-18/h1-4,14-15,28H,5-11H2. The Morgan fingerprint density at radius 3 is 2.27 bits per heavy atom. The van der Waals surface area contributed by atoms with Crippen LogP contribution in [0.4, 0.5) is 0 Å². The SMILES string of the molecule is O=C(c1sc(Cl)c(Cl)c1Cl)N1CC(O)C(N2CCN(Cc3ccc(Cl)cc3)CC2)C1. The van der Waals surface area contributed by atoms with Gasteiger partial charge < -0.3 is 10.0 Å². The summed E-state index contributed by atoms with van der Waals surface area (Å²) in [4.78, 5) is 19.5. The van der Waals surface area contributed by atoms with Gasteiger partial charge >= 0.3 is 0 Å². The molecule has 0 aliphatic carbocycles. The maximum atomic E-state index is 12.9. The molecule has 4 rings (SSSR count). The van der Waals surface area contributed by atoms with Crippen molar-refractivity contribution in [3.05, 3.63) is 54.1 Å². The van der Waals surface area contributed by atoms with Crippen molar-refractivity contribution in [1.82, 2.24) is 14.7 Å². The van der Waals surface area contributed by atoms with E-state index in [9.17, 15) is 9.90 Å². The van der Waals surface area contributed by atoms with Crippen molar-refractivity contribution < 1.29 is 9.90 Å². The first-order valence-electron chi connectivity index (χ1n) is 9.65. The molecule has 0 bridgehead atoms. The lowest BCUT2D eigenvalue weighted by atomic mass is 10.1. The Kier molecular flexibility index (Phi) is 7.17. The van der Waals surface area contributed by atoms with Crippen LogP contribution in [0, 0.1) is 0 Å². The van der Waals surface area contributed by atoms with Gasteiger partial charge in [-0.2, -0.15) is 0 Å². The van der Waals surface area contributed by atoms with Crippen LogP contribution in [0.3, 0.4) is 0 Å². The molecule has 2 aliphatic rings. The Bertz CT molecular complexity index is 916. The van der Waals surface area contributed by atoms with E-state index in [2.05, 4.69) is 9.80 Å². The van der Waals surface area contributed by atoms with Gasteiger partial charge in [-0.25, -0.2) is 0 Å². The fourth-order valence-corrected chi connectivity index (χ4v) is 5.93. The van der Waals surface area contributed by atoms with Crippen LogP contribution in [-0.4, -0.2) is 77.1 Å². The molecule has 2 saturated heterocycles. The Hall–Kier alpha value is -0.570. The molecule has 162 valence electrons. The minimum Gasteiger partial charge on any atom is -0.390 e. The summed E-state index contributed by atoms with van der Waals surface area (Å²) in [6, 6.07) is 7.83. The van der Waals surface area contributed by atoms with Gasteiger partial charge in [-0.1, -0.05) is 58.5 Å². The number of carbonyl (C=O) groups excluding carboxylic acids is 1. The summed E-state index contributed by atoms with van der Waals surface area (Å²) in [6.07, 6.45) is -0.596. The third-order valence-corrected chi connectivity index (χ3v) is 8.50. The summed E-state index contributed by atoms with van der Waals surface area (Å²) >= 11 is 25.2. The second-order valence-electron chi connectivity index (χ2n) is 7.62. The molecule has 0 spiro atoms. The molecule has 2 fully saturated rings. The molecule has 2 atom stereocenters. The number of hydrogen-bond donors (Lipinski definition) is 1. The number of piperazine rings is 1. The first kappa shape index (κ1) is 22.6.